The van der Waals surface area contributed by atoms with Crippen molar-refractivity contribution < 1.29 is 124 Å². The molecule has 2 amide bonds. The summed E-state index contributed by atoms with van der Waals surface area (Å²) in [5.41, 5.74) is 0. The van der Waals surface area contributed by atoms with Crippen LogP contribution in [0.5, 0.6) is 0 Å². The van der Waals surface area contributed by atoms with Gasteiger partial charge < -0.3 is 125 Å². The fraction of sp³-hybridized carbons (Fsp3) is 0.941. The highest BCUT2D eigenvalue weighted by Crippen LogP contribution is 2.36. The summed E-state index contributed by atoms with van der Waals surface area (Å²) in [5, 5.41) is 153. The van der Waals surface area contributed by atoms with Crippen LogP contribution in [0.25, 0.3) is 0 Å². The normalized spacial score (nSPS) is 49.6. The maximum absolute atomic E-state index is 12.6. The molecule has 0 bridgehead atoms. The van der Waals surface area contributed by atoms with Gasteiger partial charge in [0, 0.05) is 13.8 Å². The molecule has 5 aliphatic rings. The van der Waals surface area contributed by atoms with E-state index in [0.717, 1.165) is 13.8 Å². The number of hydrogen-bond acceptors (Lipinski definition) is 25. The maximum atomic E-state index is 12.6. The second-order valence-electron chi connectivity index (χ2n) is 15.4. The second-order valence-corrected chi connectivity index (χ2v) is 15.4. The number of nitrogens with one attached hydrogen (secondary N) is 2. The van der Waals surface area contributed by atoms with Gasteiger partial charge in [0.25, 0.3) is 0 Å². The van der Waals surface area contributed by atoms with Crippen LogP contribution in [0, 0.1) is 0 Å². The summed E-state index contributed by atoms with van der Waals surface area (Å²) in [6.07, 6.45) is -41.1. The highest BCUT2D eigenvalue weighted by atomic mass is 16.8. The Hall–Kier alpha value is -1.98. The molecule has 0 radical (unpaired) electrons. The topological polar surface area (TPSA) is 424 Å². The van der Waals surface area contributed by atoms with Gasteiger partial charge in [-0.15, -0.1) is 0 Å². The molecule has 0 aromatic carbocycles. The first kappa shape index (κ1) is 50.0. The van der Waals surface area contributed by atoms with Crippen LogP contribution in [0.1, 0.15) is 20.8 Å². The molecule has 0 aliphatic carbocycles. The van der Waals surface area contributed by atoms with Gasteiger partial charge in [-0.3, -0.25) is 9.59 Å². The largest absolute Gasteiger partial charge is 0.394 e. The van der Waals surface area contributed by atoms with Crippen molar-refractivity contribution in [1.29, 1.82) is 0 Å². The third-order valence-electron chi connectivity index (χ3n) is 11.1. The smallest absolute Gasteiger partial charge is 0.217 e. The summed E-state index contributed by atoms with van der Waals surface area (Å²) in [6.45, 7) is -0.233. The molecule has 25 atom stereocenters. The molecule has 0 saturated carbocycles. The Morgan fingerprint density at radius 3 is 1.41 bits per heavy atom. The van der Waals surface area contributed by atoms with Crippen LogP contribution in [0.2, 0.25) is 0 Å². The minimum Gasteiger partial charge on any atom is -0.394 e. The van der Waals surface area contributed by atoms with Crippen LogP contribution < -0.4 is 10.6 Å². The quantitative estimate of drug-likeness (QED) is 0.0770. The lowest BCUT2D eigenvalue weighted by Crippen LogP contribution is -2.70. The van der Waals surface area contributed by atoms with E-state index in [1.54, 1.807) is 0 Å². The Morgan fingerprint density at radius 2 is 0.836 bits per heavy atom. The molecule has 0 aromatic heterocycles. The van der Waals surface area contributed by atoms with Crippen LogP contribution in [0.15, 0.2) is 0 Å². The van der Waals surface area contributed by atoms with E-state index >= 15 is 0 Å². The number of ether oxygens (including phenoxy) is 9. The predicted molar refractivity (Wildman–Crippen MR) is 188 cm³/mol. The van der Waals surface area contributed by atoms with E-state index in [4.69, 9.17) is 42.6 Å². The summed E-state index contributed by atoms with van der Waals surface area (Å²) in [7, 11) is 0. The van der Waals surface area contributed by atoms with Crippen molar-refractivity contribution in [2.45, 2.75) is 174 Å². The van der Waals surface area contributed by atoms with Crippen molar-refractivity contribution in [3.8, 4) is 0 Å². The Labute approximate surface area is 346 Å². The minimum atomic E-state index is -2.11. The fourth-order valence-corrected chi connectivity index (χ4v) is 7.76. The van der Waals surface area contributed by atoms with E-state index in [0.29, 0.717) is 0 Å². The van der Waals surface area contributed by atoms with Gasteiger partial charge in [-0.05, 0) is 6.92 Å². The van der Waals surface area contributed by atoms with Crippen LogP contribution in [0.4, 0.5) is 0 Å². The zero-order chi connectivity index (χ0) is 45.2. The molecule has 16 N–H and O–H groups in total. The van der Waals surface area contributed by atoms with Gasteiger partial charge in [0.1, 0.15) is 116 Å². The van der Waals surface area contributed by atoms with Gasteiger partial charge in [-0.1, -0.05) is 0 Å². The van der Waals surface area contributed by atoms with Crippen molar-refractivity contribution in [1.82, 2.24) is 10.6 Å². The van der Waals surface area contributed by atoms with Crippen LogP contribution >= 0.6 is 0 Å². The molecule has 5 heterocycles. The SMILES string of the molecule is CC(=O)N[C@H]1[C@H](O[C@@H]2[C@H](O)[C@@H](O)[C@H](O[C@H]3[C@@H](O)[C@@H](CO)OC(O)[C@@H]3NC(C)=O)O[C@@H]2CO)O[C@H](CO)[C@@H](O)[C@@H]1O[C@@H]1O[C@H](CO)[C@H](O)[C@H](O)[C@H]1O[C@@H]1O[C@@H](C)[C@@H](O)[C@@H](O)[C@@H]1O. The molecule has 27 nitrogen and oxygen atoms in total. The lowest BCUT2D eigenvalue weighted by atomic mass is 9.94. The van der Waals surface area contributed by atoms with Crippen LogP contribution in [-0.2, 0) is 52.2 Å². The van der Waals surface area contributed by atoms with Gasteiger partial charge >= 0.3 is 0 Å². The van der Waals surface area contributed by atoms with E-state index in [-0.39, 0.29) is 0 Å². The number of amides is 2. The van der Waals surface area contributed by atoms with E-state index in [1.807, 2.05) is 0 Å². The molecule has 5 fully saturated rings. The molecule has 1 unspecified atom stereocenters. The van der Waals surface area contributed by atoms with Gasteiger partial charge in [0.15, 0.2) is 31.5 Å². The average molecular weight is 895 g/mol. The van der Waals surface area contributed by atoms with E-state index in [1.165, 1.54) is 6.92 Å². The number of rotatable bonds is 14. The summed E-state index contributed by atoms with van der Waals surface area (Å²) >= 11 is 0. The van der Waals surface area contributed by atoms with Gasteiger partial charge in [0.2, 0.25) is 11.8 Å². The van der Waals surface area contributed by atoms with Crippen molar-refractivity contribution in [3.05, 3.63) is 0 Å². The van der Waals surface area contributed by atoms with Gasteiger partial charge in [-0.25, -0.2) is 0 Å². The molecule has 5 rings (SSSR count). The molecule has 61 heavy (non-hydrogen) atoms. The first-order chi connectivity index (χ1) is 28.8. The minimum absolute atomic E-state index is 0.704. The second kappa shape index (κ2) is 21.3. The molecule has 0 aromatic rings. The number of carbonyl (C=O) groups excluding carboxylic acids is 2. The number of carbonyl (C=O) groups is 2. The zero-order valence-corrected chi connectivity index (χ0v) is 33.0. The van der Waals surface area contributed by atoms with Crippen molar-refractivity contribution in [2.75, 3.05) is 26.4 Å². The average Bonchev–Trinajstić information content (AvgIpc) is 3.22. The molecular formula is C34H58N2O25. The lowest BCUT2D eigenvalue weighted by molar-refractivity contribution is -0.388. The monoisotopic (exact) mass is 894 g/mol. The molecule has 27 heteroatoms. The fourth-order valence-electron chi connectivity index (χ4n) is 7.76. The third-order valence-corrected chi connectivity index (χ3v) is 11.1. The summed E-state index contributed by atoms with van der Waals surface area (Å²) in [6, 6.07) is -3.20. The Balaban J connectivity index is 1.41. The Bertz CT molecular complexity index is 1420. The highest BCUT2D eigenvalue weighted by Gasteiger charge is 2.57. The van der Waals surface area contributed by atoms with Gasteiger partial charge in [-0.2, -0.15) is 0 Å². The third kappa shape index (κ3) is 10.8. The van der Waals surface area contributed by atoms with Crippen molar-refractivity contribution >= 4 is 11.8 Å². The first-order valence-electron chi connectivity index (χ1n) is 19.5. The zero-order valence-electron chi connectivity index (χ0n) is 33.0. The molecular weight excluding hydrogens is 836 g/mol. The Morgan fingerprint density at radius 1 is 0.426 bits per heavy atom. The van der Waals surface area contributed by atoms with Crippen molar-refractivity contribution in [3.63, 3.8) is 0 Å². The molecule has 354 valence electrons. The summed E-state index contributed by atoms with van der Waals surface area (Å²) in [4.78, 5) is 24.5. The summed E-state index contributed by atoms with van der Waals surface area (Å²) in [5.74, 6) is -1.52. The highest BCUT2D eigenvalue weighted by molar-refractivity contribution is 5.73. The predicted octanol–water partition coefficient (Wildman–Crippen LogP) is -10.6. The number of hydrogen-bond donors (Lipinski definition) is 16. The summed E-state index contributed by atoms with van der Waals surface area (Å²) < 4.78 is 51.3. The van der Waals surface area contributed by atoms with E-state index in [9.17, 15) is 81.1 Å². The first-order valence-corrected chi connectivity index (χ1v) is 19.5. The van der Waals surface area contributed by atoms with E-state index < -0.39 is 192 Å². The van der Waals surface area contributed by atoms with Gasteiger partial charge in [0.05, 0.1) is 32.5 Å². The Kier molecular flexibility index (Phi) is 17.5. The molecule has 0 spiro atoms. The lowest BCUT2D eigenvalue weighted by Gasteiger charge is -2.50. The number of aliphatic hydroxyl groups excluding tert-OH is 14. The maximum Gasteiger partial charge on any atom is 0.217 e. The molecule has 5 saturated heterocycles. The van der Waals surface area contributed by atoms with Crippen LogP contribution in [-0.4, -0.2) is 263 Å². The van der Waals surface area contributed by atoms with Crippen molar-refractivity contribution in [2.24, 2.45) is 0 Å². The van der Waals surface area contributed by atoms with E-state index in [2.05, 4.69) is 10.6 Å². The van der Waals surface area contributed by atoms with Crippen LogP contribution in [0.3, 0.4) is 0 Å². The molecule has 5 aliphatic heterocycles. The standard InChI is InChI=1S/C34H58N2O25/c1-8-17(43)21(47)24(50)32(53-8)61-29-22(48)18(44)11(4-37)56-34(29)60-28-16(36-10(3)42)31(55-13(6-39)20(28)46)58-26-14(7-40)57-33(25(51)23(26)49)59-27-15(35-9(2)41)30(52)54-12(5-38)19(27)45/h8,11-34,37-40,43-52H,4-7H2,1-3H3,(H,35,41)(H,36,42)/t8-,11+,12+,13+,14+,15+,16+,17+,18-,19-,20+,21+,22-,23+,24-,25+,26-,27+,28+,29+,30?,31-,32-,33-,34-/m0/s1. The number of aliphatic hydroxyl groups is 14.